The Kier molecular flexibility index (Phi) is 3.96. The maximum absolute atomic E-state index is 12.9. The van der Waals surface area contributed by atoms with Gasteiger partial charge >= 0.3 is 6.03 Å². The number of nitrogens with one attached hydrogen (secondary N) is 2. The quantitative estimate of drug-likeness (QED) is 0.906. The molecule has 1 atom stereocenters. The normalized spacial score (nSPS) is 17.4. The van der Waals surface area contributed by atoms with E-state index in [2.05, 4.69) is 15.8 Å². The molecule has 3 rings (SSSR count). The lowest BCUT2D eigenvalue weighted by Gasteiger charge is -2.17. The zero-order valence-electron chi connectivity index (χ0n) is 12.4. The second kappa shape index (κ2) is 6.07. The van der Waals surface area contributed by atoms with E-state index in [1.165, 1.54) is 29.2 Å². The summed E-state index contributed by atoms with van der Waals surface area (Å²) in [7, 11) is 0. The van der Waals surface area contributed by atoms with Crippen molar-refractivity contribution >= 4 is 23.4 Å². The number of hydrogen-bond acceptors (Lipinski definition) is 4. The van der Waals surface area contributed by atoms with Gasteiger partial charge < -0.3 is 14.7 Å². The van der Waals surface area contributed by atoms with Gasteiger partial charge in [-0.3, -0.25) is 10.1 Å². The molecule has 1 aliphatic heterocycles. The second-order valence-electron chi connectivity index (χ2n) is 5.30. The van der Waals surface area contributed by atoms with Crippen molar-refractivity contribution in [3.63, 3.8) is 0 Å². The van der Waals surface area contributed by atoms with Crippen molar-refractivity contribution in [3.8, 4) is 0 Å². The van der Waals surface area contributed by atoms with Crippen LogP contribution in [0.1, 0.15) is 12.2 Å². The zero-order valence-corrected chi connectivity index (χ0v) is 12.4. The van der Waals surface area contributed by atoms with Gasteiger partial charge in [-0.05, 0) is 31.2 Å². The molecule has 1 saturated heterocycles. The molecule has 2 N–H and O–H groups in total. The minimum absolute atomic E-state index is 0.126. The van der Waals surface area contributed by atoms with E-state index in [0.717, 1.165) is 0 Å². The van der Waals surface area contributed by atoms with Crippen molar-refractivity contribution in [1.29, 1.82) is 0 Å². The Hall–Kier alpha value is -2.90. The molecule has 0 bridgehead atoms. The lowest BCUT2D eigenvalue weighted by atomic mass is 10.2. The van der Waals surface area contributed by atoms with E-state index in [1.807, 2.05) is 0 Å². The molecule has 0 aliphatic carbocycles. The van der Waals surface area contributed by atoms with E-state index in [4.69, 9.17) is 4.52 Å². The smallest absolute Gasteiger partial charge is 0.320 e. The van der Waals surface area contributed by atoms with Crippen LogP contribution >= 0.6 is 0 Å². The molecule has 0 radical (unpaired) electrons. The first kappa shape index (κ1) is 15.0. The number of rotatable bonds is 3. The third-order valence-corrected chi connectivity index (χ3v) is 3.47. The van der Waals surface area contributed by atoms with Gasteiger partial charge in [-0.15, -0.1) is 0 Å². The Balaban J connectivity index is 1.59. The van der Waals surface area contributed by atoms with Gasteiger partial charge in [0.25, 0.3) is 0 Å². The van der Waals surface area contributed by atoms with Gasteiger partial charge in [0.05, 0.1) is 6.04 Å². The molecule has 7 nitrogen and oxygen atoms in total. The van der Waals surface area contributed by atoms with Crippen LogP contribution in [0.25, 0.3) is 0 Å². The number of aryl methyl sites for hydroxylation is 1. The van der Waals surface area contributed by atoms with Crippen molar-refractivity contribution in [1.82, 2.24) is 10.5 Å². The number of amides is 3. The predicted octanol–water partition coefficient (Wildman–Crippen LogP) is 2.05. The predicted molar refractivity (Wildman–Crippen MR) is 80.6 cm³/mol. The number of aromatic nitrogens is 1. The van der Waals surface area contributed by atoms with Crippen LogP contribution in [0.5, 0.6) is 0 Å². The van der Waals surface area contributed by atoms with Crippen molar-refractivity contribution < 1.29 is 18.5 Å². The van der Waals surface area contributed by atoms with E-state index in [0.29, 0.717) is 23.8 Å². The highest BCUT2D eigenvalue weighted by Gasteiger charge is 2.31. The van der Waals surface area contributed by atoms with Crippen molar-refractivity contribution in [2.24, 2.45) is 0 Å². The molecule has 2 heterocycles. The summed E-state index contributed by atoms with van der Waals surface area (Å²) < 4.78 is 17.8. The summed E-state index contributed by atoms with van der Waals surface area (Å²) in [4.78, 5) is 25.5. The number of hydrogen-bond donors (Lipinski definition) is 2. The van der Waals surface area contributed by atoms with Gasteiger partial charge in [-0.1, -0.05) is 5.16 Å². The maximum Gasteiger partial charge on any atom is 0.320 e. The van der Waals surface area contributed by atoms with Crippen LogP contribution in [0.2, 0.25) is 0 Å². The number of anilines is 2. The highest BCUT2D eigenvalue weighted by atomic mass is 19.1. The monoisotopic (exact) mass is 318 g/mol. The Morgan fingerprint density at radius 3 is 2.78 bits per heavy atom. The molecule has 1 aromatic carbocycles. The highest BCUT2D eigenvalue weighted by Crippen LogP contribution is 2.21. The lowest BCUT2D eigenvalue weighted by molar-refractivity contribution is -0.117. The lowest BCUT2D eigenvalue weighted by Crippen LogP contribution is -2.39. The number of carbonyl (C=O) groups is 2. The van der Waals surface area contributed by atoms with E-state index in [1.54, 1.807) is 13.0 Å². The molecule has 1 aliphatic rings. The van der Waals surface area contributed by atoms with Gasteiger partial charge in [0.1, 0.15) is 11.6 Å². The number of benzene rings is 1. The largest absolute Gasteiger partial charge is 0.360 e. The van der Waals surface area contributed by atoms with Crippen molar-refractivity contribution in [2.45, 2.75) is 19.4 Å². The molecule has 23 heavy (non-hydrogen) atoms. The van der Waals surface area contributed by atoms with Crippen LogP contribution in [-0.2, 0) is 4.79 Å². The van der Waals surface area contributed by atoms with Crippen LogP contribution < -0.4 is 15.5 Å². The zero-order chi connectivity index (χ0) is 16.4. The van der Waals surface area contributed by atoms with Crippen molar-refractivity contribution in [2.75, 3.05) is 16.8 Å². The standard InChI is InChI=1S/C15H15FN4O3/c1-9-6-13(19-23-9)18-15(22)17-11-7-14(21)20(8-11)12-4-2-10(16)3-5-12/h2-6,11H,7-8H2,1H3,(H2,17,18,19,22)/t11-/m0/s1. The average Bonchev–Trinajstić information content (AvgIpc) is 3.06. The van der Waals surface area contributed by atoms with Crippen LogP contribution in [0, 0.1) is 12.7 Å². The third-order valence-electron chi connectivity index (χ3n) is 3.47. The fraction of sp³-hybridized carbons (Fsp3) is 0.267. The maximum atomic E-state index is 12.9. The molecular weight excluding hydrogens is 303 g/mol. The molecule has 2 aromatic rings. The van der Waals surface area contributed by atoms with Crippen LogP contribution in [0.3, 0.4) is 0 Å². The van der Waals surface area contributed by atoms with Gasteiger partial charge in [-0.25, -0.2) is 9.18 Å². The fourth-order valence-electron chi connectivity index (χ4n) is 2.44. The molecule has 0 saturated carbocycles. The second-order valence-corrected chi connectivity index (χ2v) is 5.30. The number of urea groups is 1. The van der Waals surface area contributed by atoms with Gasteiger partial charge in [0.15, 0.2) is 5.82 Å². The van der Waals surface area contributed by atoms with Gasteiger partial charge in [-0.2, -0.15) is 0 Å². The Morgan fingerprint density at radius 1 is 1.39 bits per heavy atom. The summed E-state index contributed by atoms with van der Waals surface area (Å²) in [6.07, 6.45) is 0.183. The van der Waals surface area contributed by atoms with Crippen LogP contribution in [0.15, 0.2) is 34.9 Å². The van der Waals surface area contributed by atoms with Gasteiger partial charge in [0, 0.05) is 24.7 Å². The Bertz CT molecular complexity index is 729. The number of carbonyl (C=O) groups excluding carboxylic acids is 2. The van der Waals surface area contributed by atoms with Crippen molar-refractivity contribution in [3.05, 3.63) is 41.9 Å². The Morgan fingerprint density at radius 2 is 2.13 bits per heavy atom. The van der Waals surface area contributed by atoms with E-state index in [-0.39, 0.29) is 24.2 Å². The molecule has 3 amide bonds. The third kappa shape index (κ3) is 3.47. The van der Waals surface area contributed by atoms with Gasteiger partial charge in [0.2, 0.25) is 5.91 Å². The minimum atomic E-state index is -0.461. The molecule has 120 valence electrons. The van der Waals surface area contributed by atoms with E-state index in [9.17, 15) is 14.0 Å². The summed E-state index contributed by atoms with van der Waals surface area (Å²) in [5, 5.41) is 8.90. The summed E-state index contributed by atoms with van der Waals surface area (Å²) in [5.74, 6) is 0.398. The average molecular weight is 318 g/mol. The summed E-state index contributed by atoms with van der Waals surface area (Å²) in [5.41, 5.74) is 0.605. The van der Waals surface area contributed by atoms with E-state index >= 15 is 0 Å². The van der Waals surface area contributed by atoms with E-state index < -0.39 is 6.03 Å². The molecular formula is C15H15FN4O3. The first-order valence-corrected chi connectivity index (χ1v) is 7.08. The van der Waals surface area contributed by atoms with Crippen LogP contribution in [0.4, 0.5) is 20.7 Å². The SMILES string of the molecule is Cc1cc(NC(=O)N[C@H]2CC(=O)N(c3ccc(F)cc3)C2)no1. The number of nitrogens with zero attached hydrogens (tertiary/aromatic N) is 2. The molecule has 0 unspecified atom stereocenters. The first-order chi connectivity index (χ1) is 11.0. The first-order valence-electron chi connectivity index (χ1n) is 7.08. The molecule has 1 fully saturated rings. The summed E-state index contributed by atoms with van der Waals surface area (Å²) >= 11 is 0. The summed E-state index contributed by atoms with van der Waals surface area (Å²) in [6.45, 7) is 2.04. The highest BCUT2D eigenvalue weighted by molar-refractivity contribution is 5.97. The molecule has 8 heteroatoms. The minimum Gasteiger partial charge on any atom is -0.360 e. The Labute approximate surface area is 131 Å². The number of halogens is 1. The molecule has 1 aromatic heterocycles. The fourth-order valence-corrected chi connectivity index (χ4v) is 2.44. The summed E-state index contributed by atoms with van der Waals surface area (Å²) in [6, 6.07) is 6.45. The van der Waals surface area contributed by atoms with Crippen LogP contribution in [-0.4, -0.2) is 29.7 Å². The topological polar surface area (TPSA) is 87.5 Å². The molecule has 0 spiro atoms.